The Morgan fingerprint density at radius 1 is 1.22 bits per heavy atom. The number of carbonyl (C=O) groups is 1. The van der Waals surface area contributed by atoms with Crippen molar-refractivity contribution < 1.29 is 9.53 Å². The molecule has 0 aliphatic carbocycles. The number of hydrogen-bond acceptors (Lipinski definition) is 5. The number of amides is 1. The lowest BCUT2D eigenvalue weighted by Crippen LogP contribution is -2.38. The van der Waals surface area contributed by atoms with Gasteiger partial charge in [0.15, 0.2) is 0 Å². The van der Waals surface area contributed by atoms with Crippen LogP contribution in [-0.2, 0) is 4.74 Å². The summed E-state index contributed by atoms with van der Waals surface area (Å²) in [6.45, 7) is 10.2. The van der Waals surface area contributed by atoms with Gasteiger partial charge in [-0.2, -0.15) is 0 Å². The number of rotatable bonds is 6. The summed E-state index contributed by atoms with van der Waals surface area (Å²) in [5, 5.41) is 3.00. The summed E-state index contributed by atoms with van der Waals surface area (Å²) in [5.41, 5.74) is 2.52. The van der Waals surface area contributed by atoms with Gasteiger partial charge in [-0.25, -0.2) is 4.98 Å². The zero-order chi connectivity index (χ0) is 19.2. The monoisotopic (exact) mass is 368 g/mol. The van der Waals surface area contributed by atoms with Crippen LogP contribution in [0.5, 0.6) is 0 Å². The molecule has 3 rings (SSSR count). The minimum atomic E-state index is -0.145. The zero-order valence-corrected chi connectivity index (χ0v) is 16.3. The van der Waals surface area contributed by atoms with Gasteiger partial charge in [0, 0.05) is 43.2 Å². The van der Waals surface area contributed by atoms with E-state index in [2.05, 4.69) is 40.9 Å². The molecule has 1 fully saturated rings. The molecule has 1 aromatic heterocycles. The van der Waals surface area contributed by atoms with Crippen molar-refractivity contribution in [2.24, 2.45) is 0 Å². The Kier molecular flexibility index (Phi) is 6.29. The molecule has 6 nitrogen and oxygen atoms in total. The van der Waals surface area contributed by atoms with Gasteiger partial charge in [-0.05, 0) is 57.2 Å². The number of nitrogens with zero attached hydrogens (tertiary/aromatic N) is 3. The summed E-state index contributed by atoms with van der Waals surface area (Å²) in [6.07, 6.45) is 1.72. The summed E-state index contributed by atoms with van der Waals surface area (Å²) < 4.78 is 5.40. The fraction of sp³-hybridized carbons (Fsp3) is 0.429. The van der Waals surface area contributed by atoms with Crippen molar-refractivity contribution in [2.75, 3.05) is 48.0 Å². The number of morpholine rings is 1. The fourth-order valence-electron chi connectivity index (χ4n) is 3.38. The second kappa shape index (κ2) is 8.86. The Bertz CT molecular complexity index is 755. The van der Waals surface area contributed by atoms with Gasteiger partial charge < -0.3 is 19.9 Å². The van der Waals surface area contributed by atoms with Crippen LogP contribution in [0.25, 0.3) is 0 Å². The molecule has 6 heteroatoms. The van der Waals surface area contributed by atoms with Crippen molar-refractivity contribution >= 4 is 23.1 Å². The SMILES string of the molecule is CCN(c1ccc(NC(=O)c2cccnc2N2CCOCC2)cc1)C(C)C. The number of pyridine rings is 1. The third-order valence-corrected chi connectivity index (χ3v) is 4.76. The standard InChI is InChI=1S/C21H28N4O2/c1-4-25(16(2)3)18-9-7-17(8-10-18)23-21(26)19-6-5-11-22-20(19)24-12-14-27-15-13-24/h5-11,16H,4,12-15H2,1-3H3,(H,23,26). The Morgan fingerprint density at radius 3 is 2.56 bits per heavy atom. The first-order valence-corrected chi connectivity index (χ1v) is 9.56. The predicted molar refractivity (Wildman–Crippen MR) is 110 cm³/mol. The molecule has 0 bridgehead atoms. The Balaban J connectivity index is 1.74. The summed E-state index contributed by atoms with van der Waals surface area (Å²) >= 11 is 0. The van der Waals surface area contributed by atoms with E-state index in [9.17, 15) is 4.79 Å². The summed E-state index contributed by atoms with van der Waals surface area (Å²) in [6, 6.07) is 12.0. The molecule has 0 spiro atoms. The molecule has 1 aliphatic heterocycles. The third-order valence-electron chi connectivity index (χ3n) is 4.76. The summed E-state index contributed by atoms with van der Waals surface area (Å²) in [4.78, 5) is 21.7. The molecular weight excluding hydrogens is 340 g/mol. The Hall–Kier alpha value is -2.60. The van der Waals surface area contributed by atoms with Crippen LogP contribution in [-0.4, -0.2) is 49.8 Å². The smallest absolute Gasteiger partial charge is 0.259 e. The van der Waals surface area contributed by atoms with E-state index in [4.69, 9.17) is 4.74 Å². The molecular formula is C21H28N4O2. The maximum atomic E-state index is 12.8. The molecule has 2 aromatic rings. The normalized spacial score (nSPS) is 14.3. The second-order valence-electron chi connectivity index (χ2n) is 6.85. The van der Waals surface area contributed by atoms with Crippen LogP contribution in [0.2, 0.25) is 0 Å². The quantitative estimate of drug-likeness (QED) is 0.847. The summed E-state index contributed by atoms with van der Waals surface area (Å²) in [7, 11) is 0. The van der Waals surface area contributed by atoms with Crippen LogP contribution in [0.15, 0.2) is 42.6 Å². The first-order valence-electron chi connectivity index (χ1n) is 9.56. The van der Waals surface area contributed by atoms with Gasteiger partial charge in [-0.1, -0.05) is 0 Å². The minimum Gasteiger partial charge on any atom is -0.378 e. The first-order chi connectivity index (χ1) is 13.1. The molecule has 1 aliphatic rings. The van der Waals surface area contributed by atoms with Gasteiger partial charge in [0.2, 0.25) is 0 Å². The highest BCUT2D eigenvalue weighted by molar-refractivity contribution is 6.07. The van der Waals surface area contributed by atoms with Crippen LogP contribution < -0.4 is 15.1 Å². The molecule has 0 atom stereocenters. The molecule has 1 N–H and O–H groups in total. The molecule has 1 saturated heterocycles. The topological polar surface area (TPSA) is 57.7 Å². The molecule has 0 radical (unpaired) electrons. The fourth-order valence-corrected chi connectivity index (χ4v) is 3.38. The molecule has 1 aromatic carbocycles. The van der Waals surface area contributed by atoms with E-state index in [1.807, 2.05) is 30.3 Å². The van der Waals surface area contributed by atoms with Gasteiger partial charge in [0.1, 0.15) is 5.82 Å². The zero-order valence-electron chi connectivity index (χ0n) is 16.3. The van der Waals surface area contributed by atoms with Crippen LogP contribution in [0.1, 0.15) is 31.1 Å². The molecule has 27 heavy (non-hydrogen) atoms. The second-order valence-corrected chi connectivity index (χ2v) is 6.85. The number of aromatic nitrogens is 1. The number of anilines is 3. The van der Waals surface area contributed by atoms with Gasteiger partial charge in [-0.3, -0.25) is 4.79 Å². The Labute approximate surface area is 161 Å². The molecule has 0 saturated carbocycles. The van der Waals surface area contributed by atoms with E-state index in [-0.39, 0.29) is 5.91 Å². The van der Waals surface area contributed by atoms with Gasteiger partial charge >= 0.3 is 0 Å². The van der Waals surface area contributed by atoms with Crippen LogP contribution in [0.3, 0.4) is 0 Å². The molecule has 1 amide bonds. The third kappa shape index (κ3) is 4.57. The number of benzene rings is 1. The van der Waals surface area contributed by atoms with E-state index < -0.39 is 0 Å². The van der Waals surface area contributed by atoms with Crippen molar-refractivity contribution in [3.8, 4) is 0 Å². The van der Waals surface area contributed by atoms with E-state index in [0.717, 1.165) is 31.0 Å². The van der Waals surface area contributed by atoms with Crippen LogP contribution >= 0.6 is 0 Å². The number of ether oxygens (including phenoxy) is 1. The number of hydrogen-bond donors (Lipinski definition) is 1. The highest BCUT2D eigenvalue weighted by Crippen LogP contribution is 2.22. The average Bonchev–Trinajstić information content (AvgIpc) is 2.70. The average molecular weight is 368 g/mol. The van der Waals surface area contributed by atoms with E-state index in [0.29, 0.717) is 30.6 Å². The lowest BCUT2D eigenvalue weighted by Gasteiger charge is -2.29. The predicted octanol–water partition coefficient (Wildman–Crippen LogP) is 3.41. The van der Waals surface area contributed by atoms with Gasteiger partial charge in [0.25, 0.3) is 5.91 Å². The van der Waals surface area contributed by atoms with E-state index >= 15 is 0 Å². The lowest BCUT2D eigenvalue weighted by atomic mass is 10.2. The van der Waals surface area contributed by atoms with Gasteiger partial charge in [-0.15, -0.1) is 0 Å². The maximum Gasteiger partial charge on any atom is 0.259 e. The van der Waals surface area contributed by atoms with Crippen molar-refractivity contribution in [2.45, 2.75) is 26.8 Å². The minimum absolute atomic E-state index is 0.145. The van der Waals surface area contributed by atoms with Crippen LogP contribution in [0.4, 0.5) is 17.2 Å². The van der Waals surface area contributed by atoms with E-state index in [1.165, 1.54) is 0 Å². The molecule has 144 valence electrons. The van der Waals surface area contributed by atoms with Crippen molar-refractivity contribution in [1.82, 2.24) is 4.98 Å². The maximum absolute atomic E-state index is 12.8. The van der Waals surface area contributed by atoms with Crippen LogP contribution in [0, 0.1) is 0 Å². The summed E-state index contributed by atoms with van der Waals surface area (Å²) in [5.74, 6) is 0.570. The van der Waals surface area contributed by atoms with Gasteiger partial charge in [0.05, 0.1) is 18.8 Å². The number of nitrogens with one attached hydrogen (secondary N) is 1. The van der Waals surface area contributed by atoms with E-state index in [1.54, 1.807) is 12.3 Å². The largest absolute Gasteiger partial charge is 0.378 e. The first kappa shape index (κ1) is 19.2. The molecule has 0 unspecified atom stereocenters. The highest BCUT2D eigenvalue weighted by atomic mass is 16.5. The van der Waals surface area contributed by atoms with Crippen molar-refractivity contribution in [3.05, 3.63) is 48.2 Å². The Morgan fingerprint density at radius 2 is 1.93 bits per heavy atom. The number of carbonyl (C=O) groups excluding carboxylic acids is 1. The highest BCUT2D eigenvalue weighted by Gasteiger charge is 2.20. The molecule has 2 heterocycles. The lowest BCUT2D eigenvalue weighted by molar-refractivity contribution is 0.102. The van der Waals surface area contributed by atoms with Crippen molar-refractivity contribution in [3.63, 3.8) is 0 Å². The van der Waals surface area contributed by atoms with Crippen molar-refractivity contribution in [1.29, 1.82) is 0 Å².